The molecule has 27 heavy (non-hydrogen) atoms. The van der Waals surface area contributed by atoms with Gasteiger partial charge in [-0.05, 0) is 49.2 Å². The van der Waals surface area contributed by atoms with Crippen molar-refractivity contribution in [3.05, 3.63) is 91.0 Å². The predicted molar refractivity (Wildman–Crippen MR) is 119 cm³/mol. The molecule has 3 rings (SSSR count). The van der Waals surface area contributed by atoms with E-state index in [1.54, 1.807) is 0 Å². The molecule has 0 amide bonds. The number of hydrogen-bond donors (Lipinski definition) is 0. The number of unbranched alkanes of at least 4 members (excludes halogenated alkanes) is 1. The molecule has 0 heterocycles. The van der Waals surface area contributed by atoms with Crippen molar-refractivity contribution >= 4 is 45.3 Å². The van der Waals surface area contributed by atoms with Crippen LogP contribution in [0.1, 0.15) is 19.3 Å². The Morgan fingerprint density at radius 2 is 1.11 bits per heavy atom. The van der Waals surface area contributed by atoms with Crippen LogP contribution in [0.5, 0.6) is 0 Å². The van der Waals surface area contributed by atoms with E-state index in [4.69, 9.17) is 4.52 Å². The van der Waals surface area contributed by atoms with Gasteiger partial charge in [0.25, 0.3) is 7.49 Å². The Bertz CT molecular complexity index is 741. The van der Waals surface area contributed by atoms with Gasteiger partial charge in [-0.3, -0.25) is 4.52 Å². The maximum atomic E-state index is 12.8. The standard InChI is InChI=1S/C23H23BrO2P/c24-19-11-10-18-23(25)26-27(20-12-4-1-5-13-20,21-14-6-2-7-15-21)22-16-8-3-9-17-22/h1-9,12-17H,10-11,18-19H2/q+1. The van der Waals surface area contributed by atoms with Crippen LogP contribution in [0.25, 0.3) is 0 Å². The second-order valence-corrected chi connectivity index (χ2v) is 9.97. The molecule has 3 aromatic rings. The van der Waals surface area contributed by atoms with Gasteiger partial charge in [0.05, 0.1) is 6.42 Å². The second-order valence-electron chi connectivity index (χ2n) is 6.23. The lowest BCUT2D eigenvalue weighted by molar-refractivity contribution is -0.133. The summed E-state index contributed by atoms with van der Waals surface area (Å²) in [5.41, 5.74) is 0. The third-order valence-corrected chi connectivity index (χ3v) is 8.48. The minimum Gasteiger partial charge on any atom is -0.297 e. The van der Waals surface area contributed by atoms with Crippen molar-refractivity contribution in [3.8, 4) is 0 Å². The van der Waals surface area contributed by atoms with Gasteiger partial charge in [-0.2, -0.15) is 0 Å². The molecule has 4 heteroatoms. The van der Waals surface area contributed by atoms with Crippen LogP contribution in [0.3, 0.4) is 0 Å². The van der Waals surface area contributed by atoms with Crippen molar-refractivity contribution in [1.29, 1.82) is 0 Å². The molecule has 0 unspecified atom stereocenters. The summed E-state index contributed by atoms with van der Waals surface area (Å²) in [5, 5.41) is 4.06. The molecule has 0 atom stereocenters. The van der Waals surface area contributed by atoms with Crippen LogP contribution in [0.2, 0.25) is 0 Å². The lowest BCUT2D eigenvalue weighted by atomic mass is 10.3. The first-order chi connectivity index (χ1) is 13.3. The highest BCUT2D eigenvalue weighted by Gasteiger charge is 2.50. The first-order valence-electron chi connectivity index (χ1n) is 9.11. The van der Waals surface area contributed by atoms with Crippen molar-refractivity contribution in [2.45, 2.75) is 19.3 Å². The highest BCUT2D eigenvalue weighted by atomic mass is 79.9. The fourth-order valence-corrected chi connectivity index (χ4v) is 6.86. The predicted octanol–water partition coefficient (Wildman–Crippen LogP) is 5.00. The van der Waals surface area contributed by atoms with Gasteiger partial charge in [0.15, 0.2) is 0 Å². The average molecular weight is 442 g/mol. The zero-order valence-corrected chi connectivity index (χ0v) is 17.6. The first kappa shape index (κ1) is 19.8. The molecular weight excluding hydrogens is 419 g/mol. The molecule has 0 bridgehead atoms. The molecule has 0 aliphatic rings. The van der Waals surface area contributed by atoms with Gasteiger partial charge in [-0.25, -0.2) is 4.79 Å². The van der Waals surface area contributed by atoms with Gasteiger partial charge in [-0.1, -0.05) is 70.5 Å². The summed E-state index contributed by atoms with van der Waals surface area (Å²) in [7, 11) is -2.52. The van der Waals surface area contributed by atoms with E-state index in [1.165, 1.54) is 0 Å². The Morgan fingerprint density at radius 3 is 1.48 bits per heavy atom. The van der Waals surface area contributed by atoms with E-state index in [9.17, 15) is 4.79 Å². The Kier molecular flexibility index (Phi) is 7.20. The Hall–Kier alpha value is -1.96. The van der Waals surface area contributed by atoms with Crippen LogP contribution in [0.15, 0.2) is 91.0 Å². The van der Waals surface area contributed by atoms with Crippen LogP contribution in [0.4, 0.5) is 0 Å². The molecule has 3 aromatic carbocycles. The summed E-state index contributed by atoms with van der Waals surface area (Å²) in [6.45, 7) is 0. The number of alkyl halides is 1. The molecule has 138 valence electrons. The van der Waals surface area contributed by atoms with Crippen molar-refractivity contribution in [3.63, 3.8) is 0 Å². The van der Waals surface area contributed by atoms with Gasteiger partial charge < -0.3 is 0 Å². The lowest BCUT2D eigenvalue weighted by Gasteiger charge is -2.25. The third-order valence-electron chi connectivity index (χ3n) is 4.36. The Morgan fingerprint density at radius 1 is 0.704 bits per heavy atom. The van der Waals surface area contributed by atoms with Gasteiger partial charge in [0, 0.05) is 5.33 Å². The van der Waals surface area contributed by atoms with Gasteiger partial charge in [0.1, 0.15) is 15.9 Å². The molecule has 0 saturated heterocycles. The van der Waals surface area contributed by atoms with Crippen LogP contribution >= 0.6 is 23.4 Å². The lowest BCUT2D eigenvalue weighted by Crippen LogP contribution is -2.34. The third kappa shape index (κ3) is 4.66. The fraction of sp³-hybridized carbons (Fsp3) is 0.174. The monoisotopic (exact) mass is 441 g/mol. The van der Waals surface area contributed by atoms with E-state index in [2.05, 4.69) is 52.3 Å². The first-order valence-corrected chi connectivity index (χ1v) is 11.9. The van der Waals surface area contributed by atoms with Crippen LogP contribution in [-0.4, -0.2) is 11.3 Å². The van der Waals surface area contributed by atoms with Gasteiger partial charge in [0.2, 0.25) is 0 Å². The normalized spacial score (nSPS) is 11.1. The Balaban J connectivity index is 2.12. The molecule has 0 saturated carbocycles. The van der Waals surface area contributed by atoms with Crippen molar-refractivity contribution in [2.24, 2.45) is 0 Å². The summed E-state index contributed by atoms with van der Waals surface area (Å²) in [6.07, 6.45) is 2.21. The molecule has 0 aromatic heterocycles. The molecule has 0 N–H and O–H groups in total. The van der Waals surface area contributed by atoms with Crippen molar-refractivity contribution in [2.75, 3.05) is 5.33 Å². The van der Waals surface area contributed by atoms with Gasteiger partial charge >= 0.3 is 5.97 Å². The number of hydrogen-bond acceptors (Lipinski definition) is 2. The number of carbonyl (C=O) groups is 1. The summed E-state index contributed by atoms with van der Waals surface area (Å²) >= 11 is 3.43. The van der Waals surface area contributed by atoms with E-state index >= 15 is 0 Å². The van der Waals surface area contributed by atoms with Crippen LogP contribution < -0.4 is 15.9 Å². The molecule has 0 aliphatic carbocycles. The van der Waals surface area contributed by atoms with Crippen LogP contribution in [0, 0.1) is 0 Å². The smallest absolute Gasteiger partial charge is 0.297 e. The minimum absolute atomic E-state index is 0.138. The average Bonchev–Trinajstić information content (AvgIpc) is 2.74. The van der Waals surface area contributed by atoms with E-state index in [-0.39, 0.29) is 5.97 Å². The maximum absolute atomic E-state index is 12.8. The number of halogens is 1. The summed E-state index contributed by atoms with van der Waals surface area (Å²) in [5.74, 6) is -0.138. The topological polar surface area (TPSA) is 26.3 Å². The van der Waals surface area contributed by atoms with Gasteiger partial charge in [-0.15, -0.1) is 0 Å². The van der Waals surface area contributed by atoms with E-state index in [0.29, 0.717) is 6.42 Å². The van der Waals surface area contributed by atoms with Crippen molar-refractivity contribution < 1.29 is 9.32 Å². The number of rotatable bonds is 8. The quantitative estimate of drug-likeness (QED) is 0.279. The van der Waals surface area contributed by atoms with Crippen LogP contribution in [-0.2, 0) is 9.32 Å². The van der Waals surface area contributed by atoms with E-state index in [1.807, 2.05) is 54.6 Å². The summed E-state index contributed by atoms with van der Waals surface area (Å²) in [4.78, 5) is 12.8. The molecule has 0 aliphatic heterocycles. The molecule has 0 fully saturated rings. The molecular formula is C23H23BrO2P+. The highest BCUT2D eigenvalue weighted by Crippen LogP contribution is 2.56. The SMILES string of the molecule is O=C(CCCCBr)O[P+](c1ccccc1)(c1ccccc1)c1ccccc1. The zero-order chi connectivity index (χ0) is 19.0. The molecule has 0 spiro atoms. The zero-order valence-electron chi connectivity index (χ0n) is 15.1. The number of carbonyl (C=O) groups excluding carboxylic acids is 1. The minimum atomic E-state index is -2.52. The maximum Gasteiger partial charge on any atom is 0.351 e. The molecule has 0 radical (unpaired) electrons. The van der Waals surface area contributed by atoms with Crippen molar-refractivity contribution in [1.82, 2.24) is 0 Å². The number of benzene rings is 3. The Labute approximate surface area is 170 Å². The summed E-state index contributed by atoms with van der Waals surface area (Å²) < 4.78 is 6.40. The second kappa shape index (κ2) is 9.82. The summed E-state index contributed by atoms with van der Waals surface area (Å²) in [6, 6.07) is 30.4. The fourth-order valence-electron chi connectivity index (χ4n) is 3.08. The van der Waals surface area contributed by atoms with E-state index < -0.39 is 7.49 Å². The highest BCUT2D eigenvalue weighted by molar-refractivity contribution is 9.09. The van der Waals surface area contributed by atoms with E-state index in [0.717, 1.165) is 34.1 Å². The largest absolute Gasteiger partial charge is 0.351 e. The molecule has 2 nitrogen and oxygen atoms in total.